The number of rotatable bonds is 2. The number of aromatic nitrogens is 1. The molecule has 0 aliphatic carbocycles. The second kappa shape index (κ2) is 4.51. The number of hydrogen-bond acceptors (Lipinski definition) is 1. The highest BCUT2D eigenvalue weighted by atomic mass is 79.9. The minimum atomic E-state index is -4.37. The summed E-state index contributed by atoms with van der Waals surface area (Å²) < 4.78 is 38.2. The number of nitrogens with zero attached hydrogens (tertiary/aromatic N) is 1. The van der Waals surface area contributed by atoms with Crippen LogP contribution in [0.2, 0.25) is 0 Å². The van der Waals surface area contributed by atoms with Crippen molar-refractivity contribution in [3.8, 4) is 0 Å². The van der Waals surface area contributed by atoms with Crippen LogP contribution in [0.4, 0.5) is 13.2 Å². The molecule has 1 rings (SSSR count). The molecular weight excluding hydrogens is 271 g/mol. The van der Waals surface area contributed by atoms with Crippen LogP contribution in [0.1, 0.15) is 25.1 Å². The third-order valence-corrected chi connectivity index (χ3v) is 2.26. The van der Waals surface area contributed by atoms with Crippen LogP contribution >= 0.6 is 15.9 Å². The molecule has 0 saturated carbocycles. The number of hydrogen-bond donors (Lipinski definition) is 0. The first kappa shape index (κ1) is 12.5. The average Bonchev–Trinajstić information content (AvgIpc) is 1.99. The van der Waals surface area contributed by atoms with Crippen molar-refractivity contribution in [2.24, 2.45) is 5.92 Å². The lowest BCUT2D eigenvalue weighted by atomic mass is 10.0. The fraction of sp³-hybridized carbons (Fsp3) is 0.500. The van der Waals surface area contributed by atoms with Gasteiger partial charge < -0.3 is 0 Å². The third kappa shape index (κ3) is 3.48. The maximum atomic E-state index is 12.6. The minimum Gasteiger partial charge on any atom is -0.250 e. The molecule has 0 amide bonds. The largest absolute Gasteiger partial charge is 0.433 e. The highest BCUT2D eigenvalue weighted by Gasteiger charge is 2.35. The quantitative estimate of drug-likeness (QED) is 0.797. The molecule has 0 unspecified atom stereocenters. The monoisotopic (exact) mass is 281 g/mol. The smallest absolute Gasteiger partial charge is 0.250 e. The Kier molecular flexibility index (Phi) is 3.76. The summed E-state index contributed by atoms with van der Waals surface area (Å²) in [6.45, 7) is 3.75. The summed E-state index contributed by atoms with van der Waals surface area (Å²) in [6.07, 6.45) is -2.82. The van der Waals surface area contributed by atoms with Crippen LogP contribution < -0.4 is 0 Å². The van der Waals surface area contributed by atoms with Crippen LogP contribution in [-0.4, -0.2) is 4.98 Å². The molecule has 0 spiro atoms. The first-order chi connectivity index (χ1) is 6.80. The van der Waals surface area contributed by atoms with E-state index in [1.54, 1.807) is 0 Å². The fourth-order valence-corrected chi connectivity index (χ4v) is 1.71. The van der Waals surface area contributed by atoms with E-state index in [0.29, 0.717) is 10.9 Å². The first-order valence-electron chi connectivity index (χ1n) is 4.52. The maximum Gasteiger partial charge on any atom is 0.433 e. The maximum absolute atomic E-state index is 12.6. The van der Waals surface area contributed by atoms with Crippen LogP contribution in [0.25, 0.3) is 0 Å². The summed E-state index contributed by atoms with van der Waals surface area (Å²) >= 11 is 3.12. The molecule has 15 heavy (non-hydrogen) atoms. The van der Waals surface area contributed by atoms with Crippen molar-refractivity contribution in [2.75, 3.05) is 0 Å². The predicted octanol–water partition coefficient (Wildman–Crippen LogP) is 4.06. The molecule has 0 aliphatic rings. The molecule has 0 aromatic carbocycles. The SMILES string of the molecule is CC(C)Cc1cc(Br)cnc1C(F)(F)F. The second-order valence-corrected chi connectivity index (χ2v) is 4.67. The minimum absolute atomic E-state index is 0.169. The molecule has 1 nitrogen and oxygen atoms in total. The second-order valence-electron chi connectivity index (χ2n) is 3.76. The van der Waals surface area contributed by atoms with Gasteiger partial charge in [0, 0.05) is 10.7 Å². The van der Waals surface area contributed by atoms with Gasteiger partial charge in [0.05, 0.1) is 0 Å². The topological polar surface area (TPSA) is 12.9 Å². The summed E-state index contributed by atoms with van der Waals surface area (Å²) in [5.74, 6) is 0.169. The van der Waals surface area contributed by atoms with Crippen molar-refractivity contribution in [3.63, 3.8) is 0 Å². The standard InChI is InChI=1S/C10H11BrF3N/c1-6(2)3-7-4-8(11)5-15-9(7)10(12,13)14/h4-6H,3H2,1-2H3. The summed E-state index contributed by atoms with van der Waals surface area (Å²) in [6, 6.07) is 1.48. The molecule has 1 aromatic rings. The van der Waals surface area contributed by atoms with Crippen molar-refractivity contribution in [3.05, 3.63) is 28.0 Å². The number of halogens is 4. The van der Waals surface area contributed by atoms with Gasteiger partial charge in [-0.15, -0.1) is 0 Å². The van der Waals surface area contributed by atoms with Crippen LogP contribution in [-0.2, 0) is 12.6 Å². The number of pyridine rings is 1. The van der Waals surface area contributed by atoms with Gasteiger partial charge in [-0.3, -0.25) is 4.98 Å². The zero-order valence-electron chi connectivity index (χ0n) is 8.40. The van der Waals surface area contributed by atoms with Gasteiger partial charge in [-0.1, -0.05) is 13.8 Å². The molecule has 5 heteroatoms. The normalized spacial score (nSPS) is 12.2. The van der Waals surface area contributed by atoms with Crippen molar-refractivity contribution in [2.45, 2.75) is 26.4 Å². The molecule has 0 saturated heterocycles. The van der Waals surface area contributed by atoms with Crippen molar-refractivity contribution in [1.29, 1.82) is 0 Å². The first-order valence-corrected chi connectivity index (χ1v) is 5.31. The highest BCUT2D eigenvalue weighted by Crippen LogP contribution is 2.32. The van der Waals surface area contributed by atoms with E-state index >= 15 is 0 Å². The molecule has 0 N–H and O–H groups in total. The molecule has 0 fully saturated rings. The Hall–Kier alpha value is -0.580. The molecular formula is C10H11BrF3N. The van der Waals surface area contributed by atoms with Crippen LogP contribution in [0.15, 0.2) is 16.7 Å². The number of alkyl halides is 3. The van der Waals surface area contributed by atoms with E-state index in [0.717, 1.165) is 0 Å². The fourth-order valence-electron chi connectivity index (χ4n) is 1.33. The Morgan fingerprint density at radius 2 is 2.00 bits per heavy atom. The lowest BCUT2D eigenvalue weighted by molar-refractivity contribution is -0.141. The van der Waals surface area contributed by atoms with Crippen molar-refractivity contribution < 1.29 is 13.2 Å². The van der Waals surface area contributed by atoms with E-state index in [2.05, 4.69) is 20.9 Å². The van der Waals surface area contributed by atoms with Crippen molar-refractivity contribution in [1.82, 2.24) is 4.98 Å². The molecule has 0 radical (unpaired) electrons. The zero-order valence-corrected chi connectivity index (χ0v) is 9.98. The van der Waals surface area contributed by atoms with Crippen LogP contribution in [0, 0.1) is 5.92 Å². The Morgan fingerprint density at radius 1 is 1.40 bits per heavy atom. The predicted molar refractivity (Wildman–Crippen MR) is 55.5 cm³/mol. The highest BCUT2D eigenvalue weighted by molar-refractivity contribution is 9.10. The van der Waals surface area contributed by atoms with Gasteiger partial charge in [0.15, 0.2) is 0 Å². The Bertz CT molecular complexity index is 347. The molecule has 1 aromatic heterocycles. The van der Waals surface area contributed by atoms with Gasteiger partial charge in [-0.2, -0.15) is 13.2 Å². The molecule has 1 heterocycles. The van der Waals surface area contributed by atoms with E-state index in [-0.39, 0.29) is 11.5 Å². The molecule has 84 valence electrons. The van der Waals surface area contributed by atoms with Gasteiger partial charge in [0.25, 0.3) is 0 Å². The third-order valence-electron chi connectivity index (χ3n) is 1.83. The lowest BCUT2D eigenvalue weighted by Gasteiger charge is -2.13. The summed E-state index contributed by atoms with van der Waals surface area (Å²) in [7, 11) is 0. The van der Waals surface area contributed by atoms with Crippen LogP contribution in [0.3, 0.4) is 0 Å². The van der Waals surface area contributed by atoms with Gasteiger partial charge in [-0.05, 0) is 39.9 Å². The Balaban J connectivity index is 3.15. The summed E-state index contributed by atoms with van der Waals surface area (Å²) in [5.41, 5.74) is -0.536. The summed E-state index contributed by atoms with van der Waals surface area (Å²) in [4.78, 5) is 3.43. The van der Waals surface area contributed by atoms with Crippen molar-refractivity contribution >= 4 is 15.9 Å². The lowest BCUT2D eigenvalue weighted by Crippen LogP contribution is -2.13. The molecule has 0 bridgehead atoms. The van der Waals surface area contributed by atoms with E-state index in [9.17, 15) is 13.2 Å². The van der Waals surface area contributed by atoms with Gasteiger partial charge in [0.1, 0.15) is 5.69 Å². The van der Waals surface area contributed by atoms with E-state index < -0.39 is 11.9 Å². The van der Waals surface area contributed by atoms with Crippen LogP contribution in [0.5, 0.6) is 0 Å². The van der Waals surface area contributed by atoms with Gasteiger partial charge in [0.2, 0.25) is 0 Å². The Morgan fingerprint density at radius 3 is 2.47 bits per heavy atom. The molecule has 0 atom stereocenters. The molecule has 0 aliphatic heterocycles. The van der Waals surface area contributed by atoms with Gasteiger partial charge in [-0.25, -0.2) is 0 Å². The Labute approximate surface area is 94.8 Å². The van der Waals surface area contributed by atoms with E-state index in [4.69, 9.17) is 0 Å². The summed E-state index contributed by atoms with van der Waals surface area (Å²) in [5, 5.41) is 0. The van der Waals surface area contributed by atoms with Gasteiger partial charge >= 0.3 is 6.18 Å². The van der Waals surface area contributed by atoms with E-state index in [1.165, 1.54) is 12.3 Å². The zero-order chi connectivity index (χ0) is 11.6. The van der Waals surface area contributed by atoms with E-state index in [1.807, 2.05) is 13.8 Å². The average molecular weight is 282 g/mol.